The second kappa shape index (κ2) is 5.21. The molecule has 0 aliphatic carbocycles. The summed E-state index contributed by atoms with van der Waals surface area (Å²) in [6.45, 7) is 2.11. The first-order chi connectivity index (χ1) is 7.58. The molecule has 2 rings (SSSR count). The van der Waals surface area contributed by atoms with E-state index >= 15 is 0 Å². The van der Waals surface area contributed by atoms with Crippen molar-refractivity contribution in [3.05, 3.63) is 55.1 Å². The Morgan fingerprint density at radius 3 is 2.56 bits per heavy atom. The molecule has 0 saturated heterocycles. The van der Waals surface area contributed by atoms with E-state index in [0.29, 0.717) is 0 Å². The lowest BCUT2D eigenvalue weighted by Crippen LogP contribution is -1.89. The molecule has 0 bridgehead atoms. The second-order valence-corrected chi connectivity index (χ2v) is 6.98. The molecule has 1 heterocycles. The van der Waals surface area contributed by atoms with Gasteiger partial charge in [-0.05, 0) is 52.7 Å². The van der Waals surface area contributed by atoms with Crippen LogP contribution in [-0.4, -0.2) is 0 Å². The summed E-state index contributed by atoms with van der Waals surface area (Å²) in [5, 5.41) is 0.746. The molecule has 0 amide bonds. The Balaban J connectivity index is 2.33. The normalized spacial score (nSPS) is 12.8. The number of hydrogen-bond donors (Lipinski definition) is 0. The van der Waals surface area contributed by atoms with Gasteiger partial charge < -0.3 is 0 Å². The molecule has 84 valence electrons. The maximum Gasteiger partial charge on any atom is 0.0738 e. The molecular formula is C12H9Br2ClS. The van der Waals surface area contributed by atoms with E-state index in [4.69, 9.17) is 11.6 Å². The van der Waals surface area contributed by atoms with Gasteiger partial charge in [-0.25, -0.2) is 0 Å². The summed E-state index contributed by atoms with van der Waals surface area (Å²) in [6.07, 6.45) is 0. The Morgan fingerprint density at radius 1 is 1.25 bits per heavy atom. The smallest absolute Gasteiger partial charge is 0.0738 e. The second-order valence-electron chi connectivity index (χ2n) is 3.48. The molecule has 1 atom stereocenters. The molecule has 1 unspecified atom stereocenters. The van der Waals surface area contributed by atoms with Crippen LogP contribution in [0.25, 0.3) is 0 Å². The third kappa shape index (κ3) is 2.70. The summed E-state index contributed by atoms with van der Waals surface area (Å²) in [5.74, 6) is 0. The Labute approximate surface area is 121 Å². The largest absolute Gasteiger partial charge is 0.144 e. The van der Waals surface area contributed by atoms with Gasteiger partial charge in [0, 0.05) is 14.2 Å². The number of rotatable bonds is 2. The minimum absolute atomic E-state index is 0.219. The Bertz CT molecular complexity index is 507. The SMILES string of the molecule is Cc1ccc(C(Br)c2ccc(Br)c(Cl)c2)s1. The van der Waals surface area contributed by atoms with Gasteiger partial charge in [-0.3, -0.25) is 0 Å². The van der Waals surface area contributed by atoms with E-state index in [9.17, 15) is 0 Å². The first-order valence-corrected chi connectivity index (χ1v) is 7.63. The molecule has 0 radical (unpaired) electrons. The van der Waals surface area contributed by atoms with Crippen LogP contribution >= 0.6 is 54.8 Å². The molecule has 0 N–H and O–H groups in total. The van der Waals surface area contributed by atoms with Crippen molar-refractivity contribution in [2.75, 3.05) is 0 Å². The first-order valence-electron chi connectivity index (χ1n) is 4.73. The van der Waals surface area contributed by atoms with Crippen LogP contribution in [0.1, 0.15) is 20.1 Å². The quantitative estimate of drug-likeness (QED) is 0.564. The molecule has 0 aliphatic heterocycles. The van der Waals surface area contributed by atoms with E-state index in [2.05, 4.69) is 57.0 Å². The van der Waals surface area contributed by atoms with Crippen LogP contribution in [0.3, 0.4) is 0 Å². The lowest BCUT2D eigenvalue weighted by atomic mass is 10.1. The number of halogens is 3. The average Bonchev–Trinajstić information content (AvgIpc) is 2.68. The van der Waals surface area contributed by atoms with Gasteiger partial charge in [0.25, 0.3) is 0 Å². The molecule has 16 heavy (non-hydrogen) atoms. The minimum atomic E-state index is 0.219. The molecule has 0 aliphatic rings. The van der Waals surface area contributed by atoms with Crippen molar-refractivity contribution in [3.63, 3.8) is 0 Å². The lowest BCUT2D eigenvalue weighted by molar-refractivity contribution is 1.22. The fourth-order valence-electron chi connectivity index (χ4n) is 1.42. The molecule has 2 aromatic rings. The highest BCUT2D eigenvalue weighted by Crippen LogP contribution is 2.37. The third-order valence-corrected chi connectivity index (χ3v) is 5.87. The number of aryl methyl sites for hydroxylation is 1. The summed E-state index contributed by atoms with van der Waals surface area (Å²) in [4.78, 5) is 2.84. The van der Waals surface area contributed by atoms with Gasteiger partial charge in [0.1, 0.15) is 0 Å². The summed E-state index contributed by atoms with van der Waals surface area (Å²) in [5.41, 5.74) is 1.18. The van der Waals surface area contributed by atoms with Crippen LogP contribution in [0.5, 0.6) is 0 Å². The summed E-state index contributed by atoms with van der Waals surface area (Å²) in [6, 6.07) is 10.3. The fraction of sp³-hybridized carbons (Fsp3) is 0.167. The molecule has 0 nitrogen and oxygen atoms in total. The molecular weight excluding hydrogens is 371 g/mol. The van der Waals surface area contributed by atoms with E-state index < -0.39 is 0 Å². The average molecular weight is 381 g/mol. The summed E-state index contributed by atoms with van der Waals surface area (Å²) < 4.78 is 0.931. The van der Waals surface area contributed by atoms with Crippen molar-refractivity contribution in [2.45, 2.75) is 11.8 Å². The molecule has 0 saturated carbocycles. The highest BCUT2D eigenvalue weighted by molar-refractivity contribution is 9.10. The van der Waals surface area contributed by atoms with Crippen molar-refractivity contribution in [2.24, 2.45) is 0 Å². The topological polar surface area (TPSA) is 0 Å². The zero-order chi connectivity index (χ0) is 11.7. The van der Waals surface area contributed by atoms with Gasteiger partial charge in [-0.2, -0.15) is 0 Å². The van der Waals surface area contributed by atoms with Crippen LogP contribution in [0.15, 0.2) is 34.8 Å². The molecule has 1 aromatic heterocycles. The number of thiophene rings is 1. The van der Waals surface area contributed by atoms with Gasteiger partial charge >= 0.3 is 0 Å². The number of benzene rings is 1. The standard InChI is InChI=1S/C12H9Br2ClS/c1-7-2-5-11(16-7)12(14)8-3-4-9(13)10(15)6-8/h2-6,12H,1H3. The van der Waals surface area contributed by atoms with E-state index in [1.54, 1.807) is 11.3 Å². The van der Waals surface area contributed by atoms with E-state index in [1.807, 2.05) is 12.1 Å². The van der Waals surface area contributed by atoms with Crippen LogP contribution < -0.4 is 0 Å². The lowest BCUT2D eigenvalue weighted by Gasteiger charge is -2.09. The predicted molar refractivity (Wildman–Crippen MR) is 79.0 cm³/mol. The third-order valence-electron chi connectivity index (χ3n) is 2.25. The van der Waals surface area contributed by atoms with Gasteiger partial charge in [0.2, 0.25) is 0 Å². The summed E-state index contributed by atoms with van der Waals surface area (Å²) >= 11 is 15.0. The Kier molecular flexibility index (Phi) is 4.11. The van der Waals surface area contributed by atoms with Gasteiger partial charge in [0.05, 0.1) is 9.85 Å². The number of alkyl halides is 1. The van der Waals surface area contributed by atoms with Crippen LogP contribution in [-0.2, 0) is 0 Å². The maximum absolute atomic E-state index is 6.09. The van der Waals surface area contributed by atoms with Gasteiger partial charge in [-0.1, -0.05) is 33.6 Å². The van der Waals surface area contributed by atoms with Crippen molar-refractivity contribution >= 4 is 54.8 Å². The predicted octanol–water partition coefficient (Wildman–Crippen LogP) is 5.96. The molecule has 0 fully saturated rings. The van der Waals surface area contributed by atoms with Crippen molar-refractivity contribution < 1.29 is 0 Å². The Morgan fingerprint density at radius 2 is 2.00 bits per heavy atom. The van der Waals surface area contributed by atoms with Crippen molar-refractivity contribution in [3.8, 4) is 0 Å². The van der Waals surface area contributed by atoms with E-state index in [0.717, 1.165) is 9.50 Å². The molecule has 0 spiro atoms. The molecule has 1 aromatic carbocycles. The zero-order valence-electron chi connectivity index (χ0n) is 8.51. The Hall–Kier alpha value is 0.170. The van der Waals surface area contributed by atoms with Crippen LogP contribution in [0, 0.1) is 6.92 Å². The molecule has 4 heteroatoms. The van der Waals surface area contributed by atoms with Crippen LogP contribution in [0.4, 0.5) is 0 Å². The zero-order valence-corrected chi connectivity index (χ0v) is 13.3. The number of hydrogen-bond acceptors (Lipinski definition) is 1. The monoisotopic (exact) mass is 378 g/mol. The van der Waals surface area contributed by atoms with E-state index in [1.165, 1.54) is 15.3 Å². The highest BCUT2D eigenvalue weighted by atomic mass is 79.9. The fourth-order valence-corrected chi connectivity index (χ4v) is 3.46. The maximum atomic E-state index is 6.09. The van der Waals surface area contributed by atoms with Gasteiger partial charge in [-0.15, -0.1) is 11.3 Å². The summed E-state index contributed by atoms with van der Waals surface area (Å²) in [7, 11) is 0. The van der Waals surface area contributed by atoms with Crippen molar-refractivity contribution in [1.29, 1.82) is 0 Å². The van der Waals surface area contributed by atoms with Crippen molar-refractivity contribution in [1.82, 2.24) is 0 Å². The first kappa shape index (κ1) is 12.6. The van der Waals surface area contributed by atoms with Crippen LogP contribution in [0.2, 0.25) is 5.02 Å². The van der Waals surface area contributed by atoms with Gasteiger partial charge in [0.15, 0.2) is 0 Å². The highest BCUT2D eigenvalue weighted by Gasteiger charge is 2.13. The van der Waals surface area contributed by atoms with E-state index in [-0.39, 0.29) is 4.83 Å². The minimum Gasteiger partial charge on any atom is -0.144 e.